The van der Waals surface area contributed by atoms with E-state index < -0.39 is 23.8 Å². The van der Waals surface area contributed by atoms with Crippen LogP contribution >= 0.6 is 22.7 Å². The van der Waals surface area contributed by atoms with Crippen molar-refractivity contribution in [1.82, 2.24) is 0 Å². The van der Waals surface area contributed by atoms with E-state index >= 15 is 0 Å². The van der Waals surface area contributed by atoms with Gasteiger partial charge in [-0.15, -0.1) is 22.7 Å². The van der Waals surface area contributed by atoms with Crippen LogP contribution in [0.4, 0.5) is 0 Å². The van der Waals surface area contributed by atoms with Gasteiger partial charge in [0.05, 0.1) is 35.8 Å². The van der Waals surface area contributed by atoms with Gasteiger partial charge in [-0.25, -0.2) is 0 Å². The summed E-state index contributed by atoms with van der Waals surface area (Å²) < 4.78 is 24.4. The molecule has 0 amide bonds. The molecule has 4 aromatic rings. The molecular formula is C30H30O10S2. The van der Waals surface area contributed by atoms with E-state index in [1.807, 2.05) is 0 Å². The third-order valence-electron chi connectivity index (χ3n) is 6.58. The fourth-order valence-corrected chi connectivity index (χ4v) is 6.19. The maximum Gasteiger partial charge on any atom is 0.306 e. The lowest BCUT2D eigenvalue weighted by Gasteiger charge is -2.13. The first kappa shape index (κ1) is 30.8. The smallest absolute Gasteiger partial charge is 0.306 e. The van der Waals surface area contributed by atoms with Crippen LogP contribution in [0.3, 0.4) is 0 Å². The van der Waals surface area contributed by atoms with Crippen molar-refractivity contribution in [2.24, 2.45) is 11.8 Å². The third kappa shape index (κ3) is 7.00. The van der Waals surface area contributed by atoms with Crippen LogP contribution in [0.15, 0.2) is 36.4 Å². The highest BCUT2D eigenvalue weighted by atomic mass is 32.1. The van der Waals surface area contributed by atoms with Gasteiger partial charge in [-0.05, 0) is 35.0 Å². The van der Waals surface area contributed by atoms with Crippen molar-refractivity contribution in [3.63, 3.8) is 0 Å². The van der Waals surface area contributed by atoms with Crippen molar-refractivity contribution < 1.29 is 48.3 Å². The fraction of sp³-hybridized carbons (Fsp3) is 0.333. The van der Waals surface area contributed by atoms with Crippen LogP contribution in [0.2, 0.25) is 0 Å². The standard InChI is InChI=1S/C30H30O10S2/c1-15(29(33)34)7-19(31)27-11-17-9-21(37-3)24(14-26(17)42-27)40-6-5-39-23-10-18-12-28(20(32)8-16(2)30(35)36)41-25(18)13-22(23)38-4/h9-16H,5-8H2,1-4H3,(H,33,34)(H,35,36)/t15-,16-/m0/s1. The zero-order chi connectivity index (χ0) is 30.6. The number of ketones is 2. The van der Waals surface area contributed by atoms with Gasteiger partial charge in [-0.3, -0.25) is 19.2 Å². The van der Waals surface area contributed by atoms with Gasteiger partial charge in [0, 0.05) is 34.4 Å². The largest absolute Gasteiger partial charge is 0.493 e. The average Bonchev–Trinajstić information content (AvgIpc) is 3.57. The Balaban J connectivity index is 1.43. The van der Waals surface area contributed by atoms with Crippen molar-refractivity contribution in [2.75, 3.05) is 27.4 Å². The summed E-state index contributed by atoms with van der Waals surface area (Å²) in [6, 6.07) is 10.5. The van der Waals surface area contributed by atoms with Crippen molar-refractivity contribution in [2.45, 2.75) is 26.7 Å². The van der Waals surface area contributed by atoms with Crippen LogP contribution in [-0.2, 0) is 9.59 Å². The van der Waals surface area contributed by atoms with Gasteiger partial charge in [0.2, 0.25) is 0 Å². The maximum absolute atomic E-state index is 12.6. The quantitative estimate of drug-likeness (QED) is 0.118. The van der Waals surface area contributed by atoms with Crippen LogP contribution in [0, 0.1) is 11.8 Å². The number of fused-ring (bicyclic) bond motifs is 2. The van der Waals surface area contributed by atoms with Crippen LogP contribution < -0.4 is 18.9 Å². The molecule has 222 valence electrons. The molecule has 0 bridgehead atoms. The molecule has 0 aliphatic rings. The number of carboxylic acids is 2. The number of hydrogen-bond acceptors (Lipinski definition) is 10. The summed E-state index contributed by atoms with van der Waals surface area (Å²) in [7, 11) is 3.03. The Bertz CT molecular complexity index is 1530. The van der Waals surface area contributed by atoms with E-state index in [1.54, 1.807) is 36.4 Å². The Morgan fingerprint density at radius 1 is 0.643 bits per heavy atom. The number of ether oxygens (including phenoxy) is 4. The van der Waals surface area contributed by atoms with Crippen LogP contribution in [-0.4, -0.2) is 61.2 Å². The van der Waals surface area contributed by atoms with Crippen molar-refractivity contribution >= 4 is 66.4 Å². The van der Waals surface area contributed by atoms with Crippen LogP contribution in [0.5, 0.6) is 23.0 Å². The Morgan fingerprint density at radius 2 is 1.02 bits per heavy atom. The minimum Gasteiger partial charge on any atom is -0.493 e. The number of aliphatic carboxylic acids is 2. The van der Waals surface area contributed by atoms with Gasteiger partial charge in [-0.2, -0.15) is 0 Å². The summed E-state index contributed by atoms with van der Waals surface area (Å²) in [5.41, 5.74) is 0. The highest BCUT2D eigenvalue weighted by molar-refractivity contribution is 7.21. The first-order valence-corrected chi connectivity index (χ1v) is 14.6. The lowest BCUT2D eigenvalue weighted by molar-refractivity contribution is -0.141. The molecule has 12 heteroatoms. The maximum atomic E-state index is 12.6. The second-order valence-electron chi connectivity index (χ2n) is 9.73. The van der Waals surface area contributed by atoms with Gasteiger partial charge >= 0.3 is 11.9 Å². The zero-order valence-electron chi connectivity index (χ0n) is 23.4. The topological polar surface area (TPSA) is 146 Å². The average molecular weight is 615 g/mol. The molecule has 0 aliphatic carbocycles. The number of Topliss-reactive ketones (excluding diaryl/α,β-unsaturated/α-hetero) is 2. The predicted molar refractivity (Wildman–Crippen MR) is 159 cm³/mol. The Kier molecular flexibility index (Phi) is 9.69. The molecule has 0 unspecified atom stereocenters. The van der Waals surface area contributed by atoms with Gasteiger partial charge < -0.3 is 29.2 Å². The van der Waals surface area contributed by atoms with Crippen molar-refractivity contribution in [3.8, 4) is 23.0 Å². The first-order valence-electron chi connectivity index (χ1n) is 13.0. The minimum absolute atomic E-state index is 0.0811. The molecule has 2 aromatic carbocycles. The van der Waals surface area contributed by atoms with Crippen LogP contribution in [0.1, 0.15) is 46.0 Å². The van der Waals surface area contributed by atoms with E-state index in [-0.39, 0.29) is 37.6 Å². The van der Waals surface area contributed by atoms with E-state index in [2.05, 4.69) is 0 Å². The number of hydrogen-bond donors (Lipinski definition) is 2. The number of methoxy groups -OCH3 is 2. The van der Waals surface area contributed by atoms with Gasteiger partial charge in [-0.1, -0.05) is 13.8 Å². The molecule has 4 rings (SSSR count). The second-order valence-corrected chi connectivity index (χ2v) is 11.9. The number of carbonyl (C=O) groups excluding carboxylic acids is 2. The molecule has 2 heterocycles. The van der Waals surface area contributed by atoms with Gasteiger partial charge in [0.15, 0.2) is 34.6 Å². The summed E-state index contributed by atoms with van der Waals surface area (Å²) in [5, 5.41) is 19.8. The van der Waals surface area contributed by atoms with E-state index in [1.165, 1.54) is 50.7 Å². The number of carboxylic acid groups (broad SMARTS) is 2. The molecule has 2 atom stereocenters. The Hall–Kier alpha value is -4.16. The predicted octanol–water partition coefficient (Wildman–Crippen LogP) is 6.18. The van der Waals surface area contributed by atoms with E-state index in [0.29, 0.717) is 32.8 Å². The Morgan fingerprint density at radius 3 is 1.45 bits per heavy atom. The molecule has 0 saturated heterocycles. The summed E-state index contributed by atoms with van der Waals surface area (Å²) in [6.45, 7) is 3.33. The van der Waals surface area contributed by atoms with Crippen molar-refractivity contribution in [3.05, 3.63) is 46.2 Å². The number of benzene rings is 2. The summed E-state index contributed by atoms with van der Waals surface area (Å²) in [4.78, 5) is 48.3. The lowest BCUT2D eigenvalue weighted by atomic mass is 10.0. The fourth-order valence-electron chi connectivity index (χ4n) is 4.15. The first-order chi connectivity index (χ1) is 20.0. The van der Waals surface area contributed by atoms with Crippen molar-refractivity contribution in [1.29, 1.82) is 0 Å². The van der Waals surface area contributed by atoms with E-state index in [9.17, 15) is 19.2 Å². The summed E-state index contributed by atoms with van der Waals surface area (Å²) in [6.07, 6.45) is -0.162. The molecule has 0 radical (unpaired) electrons. The normalized spacial score (nSPS) is 12.6. The molecule has 0 spiro atoms. The number of carbonyl (C=O) groups is 4. The molecule has 0 aliphatic heterocycles. The SMILES string of the molecule is COc1cc2sc(C(=O)C[C@H](C)C(=O)O)cc2cc1OCCOc1cc2sc(C(=O)C[C@H](C)C(=O)O)cc2cc1OC. The highest BCUT2D eigenvalue weighted by Crippen LogP contribution is 2.39. The molecule has 10 nitrogen and oxygen atoms in total. The number of rotatable bonds is 15. The molecule has 0 saturated carbocycles. The third-order valence-corrected chi connectivity index (χ3v) is 8.86. The zero-order valence-corrected chi connectivity index (χ0v) is 25.1. The van der Waals surface area contributed by atoms with E-state index in [4.69, 9.17) is 29.2 Å². The monoisotopic (exact) mass is 614 g/mol. The summed E-state index contributed by atoms with van der Waals surface area (Å²) in [5.74, 6) is -2.15. The lowest BCUT2D eigenvalue weighted by Crippen LogP contribution is -2.13. The van der Waals surface area contributed by atoms with Crippen LogP contribution in [0.25, 0.3) is 20.2 Å². The number of thiophene rings is 2. The molecule has 0 fully saturated rings. The molecule has 2 N–H and O–H groups in total. The highest BCUT2D eigenvalue weighted by Gasteiger charge is 2.21. The molecular weight excluding hydrogens is 584 g/mol. The summed E-state index contributed by atoms with van der Waals surface area (Å²) >= 11 is 2.54. The van der Waals surface area contributed by atoms with Gasteiger partial charge in [0.25, 0.3) is 0 Å². The molecule has 42 heavy (non-hydrogen) atoms. The minimum atomic E-state index is -1.01. The Labute approximate surface area is 249 Å². The van der Waals surface area contributed by atoms with E-state index in [0.717, 1.165) is 20.2 Å². The second kappa shape index (κ2) is 13.2. The molecule has 2 aromatic heterocycles. The van der Waals surface area contributed by atoms with Gasteiger partial charge in [0.1, 0.15) is 13.2 Å².